The summed E-state index contributed by atoms with van der Waals surface area (Å²) in [5.41, 5.74) is 0.401. The van der Waals surface area contributed by atoms with E-state index < -0.39 is 6.04 Å². The van der Waals surface area contributed by atoms with Crippen molar-refractivity contribution in [2.45, 2.75) is 38.6 Å². The molecule has 3 nitrogen and oxygen atoms in total. The summed E-state index contributed by atoms with van der Waals surface area (Å²) in [6.07, 6.45) is 3.06. The minimum Gasteiger partial charge on any atom is -0.349 e. The Morgan fingerprint density at radius 2 is 2.11 bits per heavy atom. The van der Waals surface area contributed by atoms with Gasteiger partial charge in [-0.2, -0.15) is 0 Å². The van der Waals surface area contributed by atoms with Gasteiger partial charge in [-0.3, -0.25) is 9.59 Å². The molecule has 1 aliphatic carbocycles. The zero-order chi connectivity index (χ0) is 13.8. The first-order chi connectivity index (χ1) is 9.09. The Labute approximate surface area is 112 Å². The highest BCUT2D eigenvalue weighted by atomic mass is 19.1. The van der Waals surface area contributed by atoms with Gasteiger partial charge in [-0.25, -0.2) is 4.39 Å². The maximum absolute atomic E-state index is 13.9. The van der Waals surface area contributed by atoms with Crippen LogP contribution in [0.2, 0.25) is 0 Å². The van der Waals surface area contributed by atoms with Crippen LogP contribution in [0.3, 0.4) is 0 Å². The molecule has 1 aromatic carbocycles. The molecule has 0 radical (unpaired) electrons. The average Bonchev–Trinajstić information content (AvgIpc) is 2.37. The van der Waals surface area contributed by atoms with Crippen molar-refractivity contribution in [2.24, 2.45) is 5.92 Å². The summed E-state index contributed by atoms with van der Waals surface area (Å²) in [5.74, 6) is -0.811. The fourth-order valence-electron chi connectivity index (χ4n) is 2.70. The number of ketones is 1. The van der Waals surface area contributed by atoms with Gasteiger partial charge in [0.1, 0.15) is 11.6 Å². The van der Waals surface area contributed by atoms with Crippen LogP contribution in [0, 0.1) is 11.7 Å². The quantitative estimate of drug-likeness (QED) is 0.911. The first-order valence-electron chi connectivity index (χ1n) is 6.64. The van der Waals surface area contributed by atoms with Crippen LogP contribution in [0.1, 0.15) is 44.2 Å². The Hall–Kier alpha value is -1.71. The molecule has 102 valence electrons. The molecule has 0 unspecified atom stereocenters. The molecule has 0 bridgehead atoms. The molecule has 0 saturated heterocycles. The van der Waals surface area contributed by atoms with Gasteiger partial charge in [0.25, 0.3) is 0 Å². The first kappa shape index (κ1) is 13.7. The van der Waals surface area contributed by atoms with E-state index in [-0.39, 0.29) is 23.4 Å². The molecule has 0 spiro atoms. The molecule has 2 atom stereocenters. The number of carbonyl (C=O) groups is 2. The van der Waals surface area contributed by atoms with Crippen LogP contribution >= 0.6 is 0 Å². The molecule has 1 amide bonds. The van der Waals surface area contributed by atoms with Gasteiger partial charge >= 0.3 is 0 Å². The van der Waals surface area contributed by atoms with Crippen molar-refractivity contribution in [2.75, 3.05) is 0 Å². The number of hydrogen-bond acceptors (Lipinski definition) is 2. The largest absolute Gasteiger partial charge is 0.349 e. The summed E-state index contributed by atoms with van der Waals surface area (Å²) in [6, 6.07) is 5.77. The Morgan fingerprint density at radius 3 is 2.74 bits per heavy atom. The number of amides is 1. The molecular formula is C15H18FNO2. The summed E-state index contributed by atoms with van der Waals surface area (Å²) in [5, 5.41) is 2.74. The molecule has 4 heteroatoms. The molecule has 19 heavy (non-hydrogen) atoms. The van der Waals surface area contributed by atoms with Gasteiger partial charge in [0.2, 0.25) is 5.91 Å². The second-order valence-corrected chi connectivity index (χ2v) is 5.02. The van der Waals surface area contributed by atoms with Crippen LogP contribution in [0.4, 0.5) is 4.39 Å². The minimum atomic E-state index is -0.550. The second kappa shape index (κ2) is 5.95. The highest BCUT2D eigenvalue weighted by molar-refractivity contribution is 5.83. The number of nitrogens with one attached hydrogen (secondary N) is 1. The van der Waals surface area contributed by atoms with Gasteiger partial charge in [0.15, 0.2) is 0 Å². The number of benzene rings is 1. The van der Waals surface area contributed by atoms with Crippen molar-refractivity contribution in [1.29, 1.82) is 0 Å². The molecule has 1 N–H and O–H groups in total. The van der Waals surface area contributed by atoms with Gasteiger partial charge in [-0.15, -0.1) is 0 Å². The summed E-state index contributed by atoms with van der Waals surface area (Å²) in [7, 11) is 0. The van der Waals surface area contributed by atoms with E-state index in [1.807, 2.05) is 0 Å². The van der Waals surface area contributed by atoms with Crippen LogP contribution in [-0.4, -0.2) is 11.7 Å². The van der Waals surface area contributed by atoms with Gasteiger partial charge in [-0.05, 0) is 18.9 Å². The van der Waals surface area contributed by atoms with E-state index in [9.17, 15) is 14.0 Å². The van der Waals surface area contributed by atoms with Crippen LogP contribution in [0.25, 0.3) is 0 Å². The van der Waals surface area contributed by atoms with Crippen molar-refractivity contribution in [3.05, 3.63) is 35.6 Å². The Morgan fingerprint density at radius 1 is 1.37 bits per heavy atom. The highest BCUT2D eigenvalue weighted by Crippen LogP contribution is 2.33. The number of rotatable bonds is 3. The van der Waals surface area contributed by atoms with Crippen molar-refractivity contribution in [1.82, 2.24) is 5.32 Å². The third kappa shape index (κ3) is 3.19. The van der Waals surface area contributed by atoms with E-state index in [0.717, 1.165) is 12.8 Å². The third-order valence-electron chi connectivity index (χ3n) is 3.60. The Bertz CT molecular complexity index is 487. The maximum Gasteiger partial charge on any atom is 0.217 e. The van der Waals surface area contributed by atoms with Crippen molar-refractivity contribution >= 4 is 11.7 Å². The fourth-order valence-corrected chi connectivity index (χ4v) is 2.70. The topological polar surface area (TPSA) is 46.2 Å². The Balaban J connectivity index is 2.32. The van der Waals surface area contributed by atoms with Crippen LogP contribution in [-0.2, 0) is 9.59 Å². The second-order valence-electron chi connectivity index (χ2n) is 5.02. The van der Waals surface area contributed by atoms with Crippen molar-refractivity contribution in [3.8, 4) is 0 Å². The summed E-state index contributed by atoms with van der Waals surface area (Å²) < 4.78 is 13.9. The van der Waals surface area contributed by atoms with Gasteiger partial charge in [0, 0.05) is 24.8 Å². The SMILES string of the molecule is CC(=O)N[C@@H](c1ccccc1F)[C@@H]1CCCCC1=O. The molecular weight excluding hydrogens is 245 g/mol. The molecule has 2 rings (SSSR count). The van der Waals surface area contributed by atoms with E-state index in [2.05, 4.69) is 5.32 Å². The molecule has 1 aromatic rings. The molecule has 1 fully saturated rings. The van der Waals surface area contributed by atoms with Crippen molar-refractivity contribution in [3.63, 3.8) is 0 Å². The van der Waals surface area contributed by atoms with Crippen molar-refractivity contribution < 1.29 is 14.0 Å². The van der Waals surface area contributed by atoms with E-state index in [1.165, 1.54) is 13.0 Å². The lowest BCUT2D eigenvalue weighted by atomic mass is 9.80. The van der Waals surface area contributed by atoms with E-state index in [4.69, 9.17) is 0 Å². The zero-order valence-electron chi connectivity index (χ0n) is 11.0. The molecule has 0 aromatic heterocycles. The predicted molar refractivity (Wildman–Crippen MR) is 69.9 cm³/mol. The van der Waals surface area contributed by atoms with E-state index in [0.29, 0.717) is 18.4 Å². The average molecular weight is 263 g/mol. The standard InChI is InChI=1S/C15H18FNO2/c1-10(18)17-15(11-6-2-4-8-13(11)16)12-7-3-5-9-14(12)19/h2,4,6,8,12,15H,3,5,7,9H2,1H3,(H,17,18)/t12-,15+/m1/s1. The zero-order valence-corrected chi connectivity index (χ0v) is 11.0. The normalized spacial score (nSPS) is 20.9. The summed E-state index contributed by atoms with van der Waals surface area (Å²) in [4.78, 5) is 23.4. The first-order valence-corrected chi connectivity index (χ1v) is 6.64. The predicted octanol–water partition coefficient (Wildman–Crippen LogP) is 2.76. The van der Waals surface area contributed by atoms with Crippen LogP contribution in [0.15, 0.2) is 24.3 Å². The van der Waals surface area contributed by atoms with Gasteiger partial charge < -0.3 is 5.32 Å². The maximum atomic E-state index is 13.9. The molecule has 1 saturated carbocycles. The molecule has 0 aliphatic heterocycles. The van der Waals surface area contributed by atoms with Gasteiger partial charge in [0.05, 0.1) is 6.04 Å². The minimum absolute atomic E-state index is 0.119. The monoisotopic (exact) mass is 263 g/mol. The highest BCUT2D eigenvalue weighted by Gasteiger charge is 2.33. The molecule has 1 aliphatic rings. The van der Waals surface area contributed by atoms with Crippen LogP contribution in [0.5, 0.6) is 0 Å². The number of hydrogen-bond donors (Lipinski definition) is 1. The van der Waals surface area contributed by atoms with Gasteiger partial charge in [-0.1, -0.05) is 24.6 Å². The number of Topliss-reactive ketones (excluding diaryl/α,β-unsaturated/α-hetero) is 1. The summed E-state index contributed by atoms with van der Waals surface area (Å²) >= 11 is 0. The van der Waals surface area contributed by atoms with E-state index >= 15 is 0 Å². The van der Waals surface area contributed by atoms with Crippen LogP contribution < -0.4 is 5.32 Å². The lowest BCUT2D eigenvalue weighted by Crippen LogP contribution is -2.37. The smallest absolute Gasteiger partial charge is 0.217 e. The lowest BCUT2D eigenvalue weighted by molar-refractivity contribution is -0.127. The fraction of sp³-hybridized carbons (Fsp3) is 0.467. The third-order valence-corrected chi connectivity index (χ3v) is 3.60. The number of halogens is 1. The van der Waals surface area contributed by atoms with E-state index in [1.54, 1.807) is 18.2 Å². The lowest BCUT2D eigenvalue weighted by Gasteiger charge is -2.30. The molecule has 0 heterocycles. The summed E-state index contributed by atoms with van der Waals surface area (Å²) in [6.45, 7) is 1.39. The number of carbonyl (C=O) groups excluding carboxylic acids is 2. The Kier molecular flexibility index (Phi) is 4.30.